The van der Waals surface area contributed by atoms with E-state index in [1.165, 1.54) is 23.5 Å². The van der Waals surface area contributed by atoms with Crippen LogP contribution in [0.15, 0.2) is 53.4 Å². The molecule has 0 aromatic heterocycles. The van der Waals surface area contributed by atoms with E-state index in [4.69, 9.17) is 23.2 Å². The Morgan fingerprint density at radius 2 is 1.26 bits per heavy atom. The van der Waals surface area contributed by atoms with Crippen LogP contribution in [-0.2, 0) is 10.0 Å². The van der Waals surface area contributed by atoms with Crippen molar-refractivity contribution in [2.24, 2.45) is 0 Å². The molecule has 100 valence electrons. The van der Waals surface area contributed by atoms with Gasteiger partial charge in [0.15, 0.2) is 0 Å². The molecule has 0 spiro atoms. The molecule has 2 rings (SSSR count). The molecule has 3 nitrogen and oxygen atoms in total. The van der Waals surface area contributed by atoms with Crippen molar-refractivity contribution < 1.29 is 8.42 Å². The second-order valence-electron chi connectivity index (χ2n) is 3.90. The van der Waals surface area contributed by atoms with Crippen molar-refractivity contribution in [3.8, 4) is 0 Å². The van der Waals surface area contributed by atoms with Crippen LogP contribution in [0, 0.1) is 0 Å². The molecule has 0 fully saturated rings. The fraction of sp³-hybridized carbons (Fsp3) is 0.0769. The molecular weight excluding hydrogens is 305 g/mol. The number of nitrogens with zero attached hydrogens (tertiary/aromatic N) is 1. The van der Waals surface area contributed by atoms with Crippen LogP contribution >= 0.6 is 23.2 Å². The maximum atomic E-state index is 12.4. The third-order valence-electron chi connectivity index (χ3n) is 2.66. The Morgan fingerprint density at radius 1 is 0.842 bits per heavy atom. The number of hydrogen-bond donors (Lipinski definition) is 0. The molecule has 0 amide bonds. The fourth-order valence-corrected chi connectivity index (χ4v) is 3.00. The second kappa shape index (κ2) is 5.41. The molecule has 2 aromatic carbocycles. The van der Waals surface area contributed by atoms with Crippen LogP contribution in [0.3, 0.4) is 0 Å². The minimum Gasteiger partial charge on any atom is -0.269 e. The van der Waals surface area contributed by atoms with Gasteiger partial charge in [-0.25, -0.2) is 8.42 Å². The minimum absolute atomic E-state index is 0.189. The van der Waals surface area contributed by atoms with E-state index in [0.29, 0.717) is 15.7 Å². The van der Waals surface area contributed by atoms with E-state index in [1.54, 1.807) is 36.4 Å². The summed E-state index contributed by atoms with van der Waals surface area (Å²) in [5, 5.41) is 1.05. The first-order valence-electron chi connectivity index (χ1n) is 5.41. The average molecular weight is 316 g/mol. The van der Waals surface area contributed by atoms with Crippen molar-refractivity contribution >= 4 is 38.9 Å². The van der Waals surface area contributed by atoms with Crippen LogP contribution in [0.25, 0.3) is 0 Å². The van der Waals surface area contributed by atoms with Gasteiger partial charge in [0, 0.05) is 17.1 Å². The highest BCUT2D eigenvalue weighted by Gasteiger charge is 2.20. The summed E-state index contributed by atoms with van der Waals surface area (Å²) >= 11 is 11.5. The Labute approximate surface area is 122 Å². The Balaban J connectivity index is 2.39. The molecule has 0 unspecified atom stereocenters. The summed E-state index contributed by atoms with van der Waals surface area (Å²) < 4.78 is 26.0. The highest BCUT2D eigenvalue weighted by Crippen LogP contribution is 2.24. The molecule has 19 heavy (non-hydrogen) atoms. The van der Waals surface area contributed by atoms with E-state index >= 15 is 0 Å². The number of benzene rings is 2. The summed E-state index contributed by atoms with van der Waals surface area (Å²) in [6.07, 6.45) is 0. The molecule has 0 aliphatic heterocycles. The molecule has 0 saturated heterocycles. The number of sulfonamides is 1. The number of anilines is 1. The largest absolute Gasteiger partial charge is 0.269 e. The van der Waals surface area contributed by atoms with Crippen LogP contribution in [0.4, 0.5) is 5.69 Å². The summed E-state index contributed by atoms with van der Waals surface area (Å²) in [4.78, 5) is 0.189. The van der Waals surface area contributed by atoms with E-state index in [9.17, 15) is 8.42 Å². The van der Waals surface area contributed by atoms with Gasteiger partial charge in [-0.15, -0.1) is 0 Å². The Bertz CT molecular complexity index is 667. The van der Waals surface area contributed by atoms with Crippen molar-refractivity contribution in [2.75, 3.05) is 11.4 Å². The zero-order valence-electron chi connectivity index (χ0n) is 10.0. The van der Waals surface area contributed by atoms with E-state index < -0.39 is 10.0 Å². The summed E-state index contributed by atoms with van der Waals surface area (Å²) in [6, 6.07) is 12.6. The predicted molar refractivity (Wildman–Crippen MR) is 78.5 cm³/mol. The van der Waals surface area contributed by atoms with E-state index in [0.717, 1.165) is 0 Å². The van der Waals surface area contributed by atoms with Gasteiger partial charge in [0.25, 0.3) is 10.0 Å². The first kappa shape index (κ1) is 14.2. The molecule has 0 aliphatic rings. The highest BCUT2D eigenvalue weighted by molar-refractivity contribution is 7.92. The lowest BCUT2D eigenvalue weighted by Gasteiger charge is -2.19. The molecule has 0 aliphatic carbocycles. The lowest BCUT2D eigenvalue weighted by molar-refractivity contribution is 0.594. The number of rotatable bonds is 3. The van der Waals surface area contributed by atoms with Crippen molar-refractivity contribution in [3.63, 3.8) is 0 Å². The molecule has 6 heteroatoms. The lowest BCUT2D eigenvalue weighted by Crippen LogP contribution is -2.26. The van der Waals surface area contributed by atoms with Gasteiger partial charge in [-0.05, 0) is 48.5 Å². The molecule has 2 aromatic rings. The molecule has 0 radical (unpaired) electrons. The third-order valence-corrected chi connectivity index (χ3v) is 4.97. The van der Waals surface area contributed by atoms with Crippen LogP contribution in [-0.4, -0.2) is 15.5 Å². The van der Waals surface area contributed by atoms with Crippen LogP contribution in [0.5, 0.6) is 0 Å². The zero-order chi connectivity index (χ0) is 14.0. The molecule has 0 atom stereocenters. The van der Waals surface area contributed by atoms with Crippen molar-refractivity contribution in [2.45, 2.75) is 4.90 Å². The van der Waals surface area contributed by atoms with Gasteiger partial charge in [0.05, 0.1) is 10.6 Å². The van der Waals surface area contributed by atoms with Crippen LogP contribution in [0.2, 0.25) is 10.0 Å². The molecular formula is C13H11Cl2NO2S. The van der Waals surface area contributed by atoms with Gasteiger partial charge >= 0.3 is 0 Å². The maximum Gasteiger partial charge on any atom is 0.264 e. The van der Waals surface area contributed by atoms with Crippen molar-refractivity contribution in [1.29, 1.82) is 0 Å². The Hall–Kier alpha value is -1.23. The predicted octanol–water partition coefficient (Wildman–Crippen LogP) is 3.82. The minimum atomic E-state index is -3.59. The normalized spacial score (nSPS) is 11.3. The summed E-state index contributed by atoms with van der Waals surface area (Å²) in [5.41, 5.74) is 0.541. The smallest absolute Gasteiger partial charge is 0.264 e. The SMILES string of the molecule is CN(c1ccc(Cl)cc1)S(=O)(=O)c1ccc(Cl)cc1. The van der Waals surface area contributed by atoms with Gasteiger partial charge in [-0.3, -0.25) is 4.31 Å². The molecule has 0 heterocycles. The van der Waals surface area contributed by atoms with Gasteiger partial charge in [0.1, 0.15) is 0 Å². The Morgan fingerprint density at radius 3 is 1.74 bits per heavy atom. The van der Waals surface area contributed by atoms with Gasteiger partial charge in [-0.2, -0.15) is 0 Å². The maximum absolute atomic E-state index is 12.4. The summed E-state index contributed by atoms with van der Waals surface area (Å²) in [5.74, 6) is 0. The van der Waals surface area contributed by atoms with Gasteiger partial charge in [-0.1, -0.05) is 23.2 Å². The number of halogens is 2. The third kappa shape index (κ3) is 3.03. The lowest BCUT2D eigenvalue weighted by atomic mass is 10.3. The fourth-order valence-electron chi connectivity index (χ4n) is 1.55. The number of hydrogen-bond acceptors (Lipinski definition) is 2. The van der Waals surface area contributed by atoms with Crippen LogP contribution in [0.1, 0.15) is 0 Å². The first-order valence-corrected chi connectivity index (χ1v) is 7.61. The molecule has 0 N–H and O–H groups in total. The highest BCUT2D eigenvalue weighted by atomic mass is 35.5. The van der Waals surface area contributed by atoms with Crippen LogP contribution < -0.4 is 4.31 Å². The van der Waals surface area contributed by atoms with Gasteiger partial charge in [0.2, 0.25) is 0 Å². The summed E-state index contributed by atoms with van der Waals surface area (Å²) in [6.45, 7) is 0. The quantitative estimate of drug-likeness (QED) is 0.863. The van der Waals surface area contributed by atoms with Crippen molar-refractivity contribution in [3.05, 3.63) is 58.6 Å². The standard InChI is InChI=1S/C13H11Cl2NO2S/c1-16(12-6-2-10(14)3-7-12)19(17,18)13-8-4-11(15)5-9-13/h2-9H,1H3. The summed E-state index contributed by atoms with van der Waals surface area (Å²) in [7, 11) is -2.10. The Kier molecular flexibility index (Phi) is 4.04. The second-order valence-corrected chi connectivity index (χ2v) is 6.75. The zero-order valence-corrected chi connectivity index (χ0v) is 12.4. The van der Waals surface area contributed by atoms with E-state index in [-0.39, 0.29) is 4.90 Å². The van der Waals surface area contributed by atoms with E-state index in [1.807, 2.05) is 0 Å². The van der Waals surface area contributed by atoms with Gasteiger partial charge < -0.3 is 0 Å². The first-order chi connectivity index (χ1) is 8.91. The molecule has 0 saturated carbocycles. The monoisotopic (exact) mass is 315 g/mol. The average Bonchev–Trinajstić information content (AvgIpc) is 2.39. The van der Waals surface area contributed by atoms with E-state index in [2.05, 4.69) is 0 Å². The molecule has 0 bridgehead atoms. The van der Waals surface area contributed by atoms with Crippen molar-refractivity contribution in [1.82, 2.24) is 0 Å². The topological polar surface area (TPSA) is 37.4 Å².